The summed E-state index contributed by atoms with van der Waals surface area (Å²) in [4.78, 5) is 42.1. The van der Waals surface area contributed by atoms with Gasteiger partial charge in [-0.3, -0.25) is 19.3 Å². The molecule has 1 N–H and O–H groups in total. The number of ether oxygens (including phenoxy) is 1. The van der Waals surface area contributed by atoms with Crippen LogP contribution in [-0.4, -0.2) is 47.7 Å². The molecule has 2 aliphatic heterocycles. The van der Waals surface area contributed by atoms with Crippen molar-refractivity contribution in [1.29, 1.82) is 0 Å². The van der Waals surface area contributed by atoms with E-state index in [2.05, 4.69) is 44.0 Å². The number of anilines is 2. The van der Waals surface area contributed by atoms with Crippen LogP contribution in [0, 0.1) is 13.8 Å². The second-order valence-electron chi connectivity index (χ2n) is 10.4. The zero-order valence-corrected chi connectivity index (χ0v) is 23.4. The topological polar surface area (TPSA) is 79.0 Å². The third-order valence-electron chi connectivity index (χ3n) is 7.17. The Morgan fingerprint density at radius 2 is 1.95 bits per heavy atom. The molecule has 0 radical (unpaired) electrons. The van der Waals surface area contributed by atoms with E-state index < -0.39 is 17.1 Å². The Bertz CT molecular complexity index is 1300. The number of thioether (sulfide) groups is 1. The fourth-order valence-corrected chi connectivity index (χ4v) is 6.31. The first kappa shape index (κ1) is 26.8. The molecule has 7 nitrogen and oxygen atoms in total. The van der Waals surface area contributed by atoms with Crippen LogP contribution in [0.4, 0.5) is 16.2 Å². The number of carbonyl (C=O) groups excluding carboxylic acids is 3. The third kappa shape index (κ3) is 5.25. The van der Waals surface area contributed by atoms with Crippen molar-refractivity contribution in [1.82, 2.24) is 4.90 Å². The van der Waals surface area contributed by atoms with E-state index in [-0.39, 0.29) is 17.0 Å². The van der Waals surface area contributed by atoms with Crippen LogP contribution in [-0.2, 0) is 9.59 Å². The Kier molecular flexibility index (Phi) is 7.42. The molecule has 2 aromatic carbocycles. The van der Waals surface area contributed by atoms with Crippen LogP contribution in [0.25, 0.3) is 6.08 Å². The zero-order chi connectivity index (χ0) is 27.1. The van der Waals surface area contributed by atoms with Crippen LogP contribution >= 0.6 is 11.8 Å². The van der Waals surface area contributed by atoms with E-state index in [0.29, 0.717) is 17.4 Å². The third-order valence-corrected chi connectivity index (χ3v) is 8.08. The second kappa shape index (κ2) is 10.2. The lowest BCUT2D eigenvalue weighted by Gasteiger charge is -2.47. The van der Waals surface area contributed by atoms with Crippen LogP contribution in [0.15, 0.2) is 35.2 Å². The summed E-state index contributed by atoms with van der Waals surface area (Å²) in [5, 5.41) is 2.34. The van der Waals surface area contributed by atoms with Gasteiger partial charge in [-0.05, 0) is 88.1 Å². The van der Waals surface area contributed by atoms with Gasteiger partial charge in [-0.15, -0.1) is 0 Å². The molecule has 0 saturated carbocycles. The summed E-state index contributed by atoms with van der Waals surface area (Å²) in [5.74, 6) is 0.0733. The number of fused-ring (bicyclic) bond motifs is 1. The first-order chi connectivity index (χ1) is 17.4. The van der Waals surface area contributed by atoms with Gasteiger partial charge in [0.25, 0.3) is 11.1 Å². The molecule has 8 heteroatoms. The molecule has 0 spiro atoms. The molecule has 4 rings (SSSR count). The monoisotopic (exact) mass is 521 g/mol. The molecule has 0 aliphatic carbocycles. The molecule has 196 valence electrons. The maximum Gasteiger partial charge on any atom is 0.294 e. The predicted molar refractivity (Wildman–Crippen MR) is 150 cm³/mol. The van der Waals surface area contributed by atoms with Crippen molar-refractivity contribution < 1.29 is 19.1 Å². The number of methoxy groups -OCH3 is 1. The summed E-state index contributed by atoms with van der Waals surface area (Å²) in [6.45, 7) is 13.3. The van der Waals surface area contributed by atoms with Gasteiger partial charge in [0.2, 0.25) is 5.91 Å². The highest BCUT2D eigenvalue weighted by molar-refractivity contribution is 8.18. The maximum absolute atomic E-state index is 13.1. The number of carbonyl (C=O) groups is 3. The number of hydrogen-bond donors (Lipinski definition) is 1. The van der Waals surface area contributed by atoms with E-state index in [0.717, 1.165) is 52.0 Å². The molecule has 2 aliphatic rings. The van der Waals surface area contributed by atoms with Gasteiger partial charge in [0.05, 0.1) is 12.0 Å². The molecular weight excluding hydrogens is 486 g/mol. The van der Waals surface area contributed by atoms with Crippen LogP contribution in [0.5, 0.6) is 5.75 Å². The number of rotatable bonds is 6. The average Bonchev–Trinajstić information content (AvgIpc) is 3.08. The van der Waals surface area contributed by atoms with Crippen LogP contribution in [0.2, 0.25) is 0 Å². The fourth-order valence-electron chi connectivity index (χ4n) is 5.48. The molecular formula is C29H35N3O4S. The highest BCUT2D eigenvalue weighted by Gasteiger charge is 2.38. The van der Waals surface area contributed by atoms with Gasteiger partial charge in [0.15, 0.2) is 0 Å². The number of benzene rings is 2. The van der Waals surface area contributed by atoms with Gasteiger partial charge < -0.3 is 15.0 Å². The van der Waals surface area contributed by atoms with E-state index in [9.17, 15) is 14.4 Å². The summed E-state index contributed by atoms with van der Waals surface area (Å²) in [6.07, 6.45) is 2.71. The molecule has 1 saturated heterocycles. The minimum Gasteiger partial charge on any atom is -0.496 e. The van der Waals surface area contributed by atoms with Crippen LogP contribution in [0.1, 0.15) is 62.3 Å². The first-order valence-electron chi connectivity index (χ1n) is 12.6. The van der Waals surface area contributed by atoms with E-state index in [1.807, 2.05) is 38.1 Å². The highest BCUT2D eigenvalue weighted by atomic mass is 32.2. The Balaban J connectivity index is 1.58. The number of amides is 3. The van der Waals surface area contributed by atoms with Gasteiger partial charge in [-0.2, -0.15) is 0 Å². The normalized spacial score (nSPS) is 19.9. The van der Waals surface area contributed by atoms with Crippen molar-refractivity contribution in [3.63, 3.8) is 0 Å². The van der Waals surface area contributed by atoms with Gasteiger partial charge in [0.1, 0.15) is 12.3 Å². The minimum absolute atomic E-state index is 0.0219. The number of nitrogens with one attached hydrogen (secondary N) is 1. The maximum atomic E-state index is 13.1. The Hall–Kier alpha value is -3.26. The molecule has 1 fully saturated rings. The molecule has 0 bridgehead atoms. The van der Waals surface area contributed by atoms with Gasteiger partial charge >= 0.3 is 0 Å². The van der Waals surface area contributed by atoms with Crippen molar-refractivity contribution in [2.24, 2.45) is 0 Å². The molecule has 0 aromatic heterocycles. The van der Waals surface area contributed by atoms with Crippen molar-refractivity contribution in [2.75, 3.05) is 30.4 Å². The van der Waals surface area contributed by atoms with E-state index in [1.54, 1.807) is 13.2 Å². The smallest absolute Gasteiger partial charge is 0.294 e. The van der Waals surface area contributed by atoms with E-state index in [1.165, 1.54) is 5.56 Å². The number of imide groups is 1. The molecule has 37 heavy (non-hydrogen) atoms. The lowest BCUT2D eigenvalue weighted by molar-refractivity contribution is -0.127. The average molecular weight is 522 g/mol. The molecule has 2 aromatic rings. The SMILES string of the molecule is CCN1c2cc(OC)c(/C=C3/SC(=O)N(CC(=O)Nc4ccc(C)cc4C)C3=O)cc2C(C)CC1(C)C. The lowest BCUT2D eigenvalue weighted by Crippen LogP contribution is -2.48. The van der Waals surface area contributed by atoms with Crippen molar-refractivity contribution >= 4 is 46.3 Å². The number of aryl methyl sites for hydroxylation is 2. The standard InChI is InChI=1S/C29H35N3O4S/c1-8-32-23-14-24(36-7)20(12-21(23)19(4)15-29(32,5)6)13-25-27(34)31(28(35)37-25)16-26(33)30-22-10-9-17(2)11-18(22)3/h9-14,19H,8,15-16H2,1-7H3,(H,30,33)/b25-13+. The minimum atomic E-state index is -0.477. The van der Waals surface area contributed by atoms with Crippen molar-refractivity contribution in [2.45, 2.75) is 59.4 Å². The molecule has 3 amide bonds. The summed E-state index contributed by atoms with van der Waals surface area (Å²) >= 11 is 0.845. The summed E-state index contributed by atoms with van der Waals surface area (Å²) in [5.41, 5.74) is 5.76. The van der Waals surface area contributed by atoms with Gasteiger partial charge in [0, 0.05) is 35.1 Å². The predicted octanol–water partition coefficient (Wildman–Crippen LogP) is 6.10. The largest absolute Gasteiger partial charge is 0.496 e. The van der Waals surface area contributed by atoms with Crippen molar-refractivity contribution in [3.05, 3.63) is 57.5 Å². The van der Waals surface area contributed by atoms with Gasteiger partial charge in [-0.1, -0.05) is 24.6 Å². The lowest BCUT2D eigenvalue weighted by atomic mass is 9.79. The van der Waals surface area contributed by atoms with E-state index in [4.69, 9.17) is 4.74 Å². The van der Waals surface area contributed by atoms with Gasteiger partial charge in [-0.25, -0.2) is 0 Å². The number of hydrogen-bond acceptors (Lipinski definition) is 6. The second-order valence-corrected chi connectivity index (χ2v) is 11.4. The summed E-state index contributed by atoms with van der Waals surface area (Å²) in [6, 6.07) is 9.78. The molecule has 2 heterocycles. The fraction of sp³-hybridized carbons (Fsp3) is 0.414. The summed E-state index contributed by atoms with van der Waals surface area (Å²) in [7, 11) is 1.61. The Morgan fingerprint density at radius 3 is 2.59 bits per heavy atom. The quantitative estimate of drug-likeness (QED) is 0.463. The number of nitrogens with zero attached hydrogens (tertiary/aromatic N) is 2. The Labute approximate surface area is 223 Å². The van der Waals surface area contributed by atoms with Crippen molar-refractivity contribution in [3.8, 4) is 5.75 Å². The molecule has 1 atom stereocenters. The first-order valence-corrected chi connectivity index (χ1v) is 13.4. The highest BCUT2D eigenvalue weighted by Crippen LogP contribution is 2.46. The van der Waals surface area contributed by atoms with Crippen LogP contribution in [0.3, 0.4) is 0 Å². The zero-order valence-electron chi connectivity index (χ0n) is 22.6. The molecule has 1 unspecified atom stereocenters. The summed E-state index contributed by atoms with van der Waals surface area (Å²) < 4.78 is 5.70. The Morgan fingerprint density at radius 1 is 1.22 bits per heavy atom. The van der Waals surface area contributed by atoms with E-state index >= 15 is 0 Å². The van der Waals surface area contributed by atoms with Crippen LogP contribution < -0.4 is 15.0 Å².